The van der Waals surface area contributed by atoms with Crippen LogP contribution in [0.2, 0.25) is 0 Å². The van der Waals surface area contributed by atoms with E-state index in [4.69, 9.17) is 0 Å². The van der Waals surface area contributed by atoms with E-state index in [1.54, 1.807) is 11.1 Å². The van der Waals surface area contributed by atoms with Crippen molar-refractivity contribution < 1.29 is 0 Å². The largest absolute Gasteiger partial charge is 0.385 e. The highest BCUT2D eigenvalue weighted by Crippen LogP contribution is 2.24. The lowest BCUT2D eigenvalue weighted by Crippen LogP contribution is -2.01. The molecule has 0 bridgehead atoms. The quantitative estimate of drug-likeness (QED) is 0.705. The highest BCUT2D eigenvalue weighted by Gasteiger charge is 2.10. The summed E-state index contributed by atoms with van der Waals surface area (Å²) in [5.74, 6) is 0. The molecule has 2 rings (SSSR count). The van der Waals surface area contributed by atoms with Gasteiger partial charge in [-0.1, -0.05) is 32.3 Å². The van der Waals surface area contributed by atoms with Crippen LogP contribution in [0, 0.1) is 0 Å². The highest BCUT2D eigenvalue weighted by atomic mass is 14.9. The minimum absolute atomic E-state index is 1.12. The SMILES string of the molecule is CCCCCCNc1ccc2c(c1)CCC2. The van der Waals surface area contributed by atoms with E-state index in [1.165, 1.54) is 50.6 Å². The second-order valence-electron chi connectivity index (χ2n) is 4.82. The fraction of sp³-hybridized carbons (Fsp3) is 0.600. The topological polar surface area (TPSA) is 12.0 Å². The van der Waals surface area contributed by atoms with Gasteiger partial charge in [-0.25, -0.2) is 0 Å². The van der Waals surface area contributed by atoms with E-state index in [0.29, 0.717) is 0 Å². The number of aryl methyl sites for hydroxylation is 2. The van der Waals surface area contributed by atoms with Crippen LogP contribution in [0.4, 0.5) is 5.69 Å². The standard InChI is InChI=1S/C15H23N/c1-2-3-4-5-11-16-15-10-9-13-7-6-8-14(13)12-15/h9-10,12,16H,2-8,11H2,1H3. The summed E-state index contributed by atoms with van der Waals surface area (Å²) in [6.45, 7) is 3.38. The fourth-order valence-electron chi connectivity index (χ4n) is 2.47. The smallest absolute Gasteiger partial charge is 0.0343 e. The molecule has 0 amide bonds. The summed E-state index contributed by atoms with van der Waals surface area (Å²) in [6.07, 6.45) is 9.24. The Hall–Kier alpha value is -0.980. The molecule has 0 aliphatic heterocycles. The maximum absolute atomic E-state index is 3.53. The lowest BCUT2D eigenvalue weighted by Gasteiger charge is -2.08. The molecule has 0 aromatic heterocycles. The Kier molecular flexibility index (Phi) is 4.26. The van der Waals surface area contributed by atoms with Gasteiger partial charge in [-0.3, -0.25) is 0 Å². The van der Waals surface area contributed by atoms with Crippen molar-refractivity contribution in [3.8, 4) is 0 Å². The molecule has 88 valence electrons. The number of hydrogen-bond donors (Lipinski definition) is 1. The lowest BCUT2D eigenvalue weighted by molar-refractivity contribution is 0.685. The molecular weight excluding hydrogens is 194 g/mol. The summed E-state index contributed by atoms with van der Waals surface area (Å²) in [6, 6.07) is 6.89. The second-order valence-corrected chi connectivity index (χ2v) is 4.82. The molecule has 1 aromatic carbocycles. The van der Waals surface area contributed by atoms with Crippen molar-refractivity contribution in [3.63, 3.8) is 0 Å². The van der Waals surface area contributed by atoms with Crippen LogP contribution < -0.4 is 5.32 Å². The van der Waals surface area contributed by atoms with Gasteiger partial charge in [-0.05, 0) is 48.9 Å². The van der Waals surface area contributed by atoms with Crippen LogP contribution >= 0.6 is 0 Å². The first-order chi connectivity index (χ1) is 7.90. The third kappa shape index (κ3) is 3.01. The van der Waals surface area contributed by atoms with Gasteiger partial charge < -0.3 is 5.32 Å². The summed E-state index contributed by atoms with van der Waals surface area (Å²) in [5, 5.41) is 3.53. The second kappa shape index (κ2) is 5.93. The molecule has 1 N–H and O–H groups in total. The normalized spacial score (nSPS) is 13.8. The fourth-order valence-corrected chi connectivity index (χ4v) is 2.47. The molecule has 0 heterocycles. The van der Waals surface area contributed by atoms with Crippen molar-refractivity contribution in [1.82, 2.24) is 0 Å². The summed E-state index contributed by atoms with van der Waals surface area (Å²) >= 11 is 0. The minimum atomic E-state index is 1.12. The van der Waals surface area contributed by atoms with E-state index in [9.17, 15) is 0 Å². The molecule has 1 aliphatic carbocycles. The first-order valence-electron chi connectivity index (χ1n) is 6.76. The number of anilines is 1. The van der Waals surface area contributed by atoms with Crippen molar-refractivity contribution in [1.29, 1.82) is 0 Å². The molecule has 0 spiro atoms. The zero-order chi connectivity index (χ0) is 11.2. The van der Waals surface area contributed by atoms with Gasteiger partial charge in [0.25, 0.3) is 0 Å². The molecule has 1 nitrogen and oxygen atoms in total. The van der Waals surface area contributed by atoms with E-state index in [-0.39, 0.29) is 0 Å². The average Bonchev–Trinajstić information content (AvgIpc) is 2.76. The molecule has 0 saturated heterocycles. The van der Waals surface area contributed by atoms with Gasteiger partial charge in [0.1, 0.15) is 0 Å². The van der Waals surface area contributed by atoms with Gasteiger partial charge in [0, 0.05) is 12.2 Å². The van der Waals surface area contributed by atoms with Gasteiger partial charge in [0.2, 0.25) is 0 Å². The van der Waals surface area contributed by atoms with Crippen molar-refractivity contribution in [3.05, 3.63) is 29.3 Å². The van der Waals surface area contributed by atoms with Crippen molar-refractivity contribution in [2.75, 3.05) is 11.9 Å². The summed E-state index contributed by atoms with van der Waals surface area (Å²) < 4.78 is 0. The predicted octanol–water partition coefficient (Wildman–Crippen LogP) is 4.17. The van der Waals surface area contributed by atoms with E-state index in [0.717, 1.165) is 6.54 Å². The molecule has 1 aliphatic rings. The molecule has 0 unspecified atom stereocenters. The Morgan fingerprint density at radius 2 is 1.94 bits per heavy atom. The third-order valence-corrected chi connectivity index (χ3v) is 3.46. The first-order valence-corrected chi connectivity index (χ1v) is 6.76. The van der Waals surface area contributed by atoms with E-state index in [1.807, 2.05) is 0 Å². The van der Waals surface area contributed by atoms with Crippen LogP contribution in [0.3, 0.4) is 0 Å². The van der Waals surface area contributed by atoms with Crippen LogP contribution in [0.15, 0.2) is 18.2 Å². The van der Waals surface area contributed by atoms with Crippen LogP contribution in [0.1, 0.15) is 50.2 Å². The number of fused-ring (bicyclic) bond motifs is 1. The van der Waals surface area contributed by atoms with Gasteiger partial charge in [0.05, 0.1) is 0 Å². The Labute approximate surface area is 99.3 Å². The van der Waals surface area contributed by atoms with E-state index in [2.05, 4.69) is 30.4 Å². The summed E-state index contributed by atoms with van der Waals surface area (Å²) in [4.78, 5) is 0. The summed E-state index contributed by atoms with van der Waals surface area (Å²) in [7, 11) is 0. The molecule has 0 atom stereocenters. The van der Waals surface area contributed by atoms with Crippen LogP contribution in [0.5, 0.6) is 0 Å². The summed E-state index contributed by atoms with van der Waals surface area (Å²) in [5.41, 5.74) is 4.45. The number of nitrogens with one attached hydrogen (secondary N) is 1. The predicted molar refractivity (Wildman–Crippen MR) is 71.1 cm³/mol. The van der Waals surface area contributed by atoms with Gasteiger partial charge in [-0.15, -0.1) is 0 Å². The van der Waals surface area contributed by atoms with Crippen LogP contribution in [-0.2, 0) is 12.8 Å². The molecular formula is C15H23N. The molecule has 1 heteroatoms. The molecule has 1 aromatic rings. The van der Waals surface area contributed by atoms with Gasteiger partial charge in [-0.2, -0.15) is 0 Å². The Morgan fingerprint density at radius 1 is 1.06 bits per heavy atom. The number of rotatable bonds is 6. The lowest BCUT2D eigenvalue weighted by atomic mass is 10.1. The van der Waals surface area contributed by atoms with Crippen molar-refractivity contribution in [2.24, 2.45) is 0 Å². The van der Waals surface area contributed by atoms with Crippen LogP contribution in [-0.4, -0.2) is 6.54 Å². The Bertz CT molecular complexity index is 330. The highest BCUT2D eigenvalue weighted by molar-refractivity contribution is 5.50. The average molecular weight is 217 g/mol. The van der Waals surface area contributed by atoms with Gasteiger partial charge >= 0.3 is 0 Å². The third-order valence-electron chi connectivity index (χ3n) is 3.46. The first kappa shape index (κ1) is 11.5. The zero-order valence-corrected chi connectivity index (χ0v) is 10.4. The monoisotopic (exact) mass is 217 g/mol. The maximum Gasteiger partial charge on any atom is 0.0343 e. The zero-order valence-electron chi connectivity index (χ0n) is 10.4. The minimum Gasteiger partial charge on any atom is -0.385 e. The number of hydrogen-bond acceptors (Lipinski definition) is 1. The molecule has 0 radical (unpaired) electrons. The maximum atomic E-state index is 3.53. The van der Waals surface area contributed by atoms with Crippen LogP contribution in [0.25, 0.3) is 0 Å². The molecule has 0 saturated carbocycles. The van der Waals surface area contributed by atoms with Gasteiger partial charge in [0.15, 0.2) is 0 Å². The number of unbranched alkanes of at least 4 members (excludes halogenated alkanes) is 3. The van der Waals surface area contributed by atoms with Crippen molar-refractivity contribution in [2.45, 2.75) is 51.9 Å². The molecule has 0 fully saturated rings. The van der Waals surface area contributed by atoms with E-state index < -0.39 is 0 Å². The Morgan fingerprint density at radius 3 is 2.81 bits per heavy atom. The Balaban J connectivity index is 1.77. The molecule has 16 heavy (non-hydrogen) atoms. The van der Waals surface area contributed by atoms with E-state index >= 15 is 0 Å². The van der Waals surface area contributed by atoms with Crippen molar-refractivity contribution >= 4 is 5.69 Å². The number of benzene rings is 1.